The molecule has 0 radical (unpaired) electrons. The van der Waals surface area contributed by atoms with E-state index in [-0.39, 0.29) is 17.4 Å². The summed E-state index contributed by atoms with van der Waals surface area (Å²) in [5, 5.41) is 18.4. The maximum atomic E-state index is 12.3. The van der Waals surface area contributed by atoms with Crippen molar-refractivity contribution in [2.24, 2.45) is 5.16 Å². The van der Waals surface area contributed by atoms with Crippen molar-refractivity contribution in [1.82, 2.24) is 4.98 Å². The van der Waals surface area contributed by atoms with Crippen LogP contribution in [0, 0.1) is 0 Å². The summed E-state index contributed by atoms with van der Waals surface area (Å²) in [5.74, 6) is -1.32. The fourth-order valence-electron chi connectivity index (χ4n) is 3.86. The Kier molecular flexibility index (Phi) is 8.84. The van der Waals surface area contributed by atoms with Crippen LogP contribution >= 0.6 is 11.3 Å². The van der Waals surface area contributed by atoms with E-state index in [9.17, 15) is 14.7 Å². The van der Waals surface area contributed by atoms with Gasteiger partial charge in [-0.1, -0.05) is 109 Å². The Balaban J connectivity index is 1.74. The molecule has 0 unspecified atom stereocenters. The maximum absolute atomic E-state index is 12.3. The Morgan fingerprint density at radius 1 is 0.921 bits per heavy atom. The zero-order chi connectivity index (χ0) is 26.8. The number of rotatable bonds is 11. The Bertz CT molecular complexity index is 1280. The van der Waals surface area contributed by atoms with Crippen molar-refractivity contribution in [3.63, 3.8) is 0 Å². The Hall–Kier alpha value is -4.50. The smallest absolute Gasteiger partial charge is 0.413 e. The molecule has 2 N–H and O–H groups in total. The number of nitrogens with one attached hydrogen (secondary N) is 1. The molecule has 0 fully saturated rings. The molecule has 3 aromatic carbocycles. The molecule has 1 aromatic heterocycles. The largest absolute Gasteiger partial charge is 0.476 e. The van der Waals surface area contributed by atoms with Crippen LogP contribution in [0.25, 0.3) is 0 Å². The van der Waals surface area contributed by atoms with Gasteiger partial charge >= 0.3 is 12.1 Å². The molecule has 1 amide bonds. The van der Waals surface area contributed by atoms with Gasteiger partial charge in [0.1, 0.15) is 5.69 Å². The van der Waals surface area contributed by atoms with Crippen LogP contribution < -0.4 is 5.32 Å². The number of anilines is 1. The first-order valence-electron chi connectivity index (χ1n) is 12.1. The van der Waals surface area contributed by atoms with Crippen molar-refractivity contribution >= 4 is 34.2 Å². The van der Waals surface area contributed by atoms with E-state index in [1.54, 1.807) is 0 Å². The third kappa shape index (κ3) is 6.07. The summed E-state index contributed by atoms with van der Waals surface area (Å²) in [6.45, 7) is 2.28. The summed E-state index contributed by atoms with van der Waals surface area (Å²) in [7, 11) is 0. The number of oxime groups is 1. The molecule has 1 heterocycles. The zero-order valence-corrected chi connectivity index (χ0v) is 21.6. The van der Waals surface area contributed by atoms with Crippen LogP contribution in [0.15, 0.2) is 102 Å². The summed E-state index contributed by atoms with van der Waals surface area (Å²) in [6.07, 6.45) is 0.986. The van der Waals surface area contributed by atoms with Gasteiger partial charge < -0.3 is 14.7 Å². The van der Waals surface area contributed by atoms with Crippen LogP contribution in [0.5, 0.6) is 0 Å². The van der Waals surface area contributed by atoms with Crippen molar-refractivity contribution in [3.8, 4) is 0 Å². The molecule has 0 atom stereocenters. The van der Waals surface area contributed by atoms with E-state index >= 15 is 0 Å². The van der Waals surface area contributed by atoms with Crippen LogP contribution in [0.2, 0.25) is 0 Å². The van der Waals surface area contributed by atoms with E-state index in [4.69, 9.17) is 9.57 Å². The quantitative estimate of drug-likeness (QED) is 0.102. The molecule has 0 aliphatic rings. The third-order valence-corrected chi connectivity index (χ3v) is 6.46. The van der Waals surface area contributed by atoms with Gasteiger partial charge in [0.05, 0.1) is 6.61 Å². The molecule has 0 aliphatic heterocycles. The van der Waals surface area contributed by atoms with Gasteiger partial charge in [-0.3, -0.25) is 5.32 Å². The second-order valence-corrected chi connectivity index (χ2v) is 9.13. The highest BCUT2D eigenvalue weighted by Crippen LogP contribution is 2.40. The van der Waals surface area contributed by atoms with Crippen LogP contribution in [-0.2, 0) is 20.0 Å². The van der Waals surface area contributed by atoms with Crippen LogP contribution in [0.3, 0.4) is 0 Å². The molecule has 4 aromatic rings. The van der Waals surface area contributed by atoms with Crippen molar-refractivity contribution in [3.05, 3.63) is 119 Å². The summed E-state index contributed by atoms with van der Waals surface area (Å²) in [5.41, 5.74) is 0.698. The predicted molar refractivity (Wildman–Crippen MR) is 146 cm³/mol. The molecule has 0 saturated carbocycles. The van der Waals surface area contributed by atoms with Crippen molar-refractivity contribution < 1.29 is 24.3 Å². The number of carbonyl (C=O) groups is 2. The highest BCUT2D eigenvalue weighted by molar-refractivity contribution is 7.14. The monoisotopic (exact) mass is 529 g/mol. The molecular formula is C29H27N3O5S. The maximum Gasteiger partial charge on any atom is 0.413 e. The number of aromatic nitrogens is 1. The number of amides is 1. The van der Waals surface area contributed by atoms with Gasteiger partial charge in [-0.2, -0.15) is 0 Å². The summed E-state index contributed by atoms with van der Waals surface area (Å²) in [4.78, 5) is 34.8. The standard InChI is InChI=1S/C29H27N3O5S/c1-2-3-19-36-28(35)31-27-30-24(20-38-27)25(26(33)34)32-37-29(21-13-7-4-8-14-21,22-15-9-5-10-16-22)23-17-11-6-12-18-23/h4-18,20H,2-3,19H2,1H3,(H,33,34)(H,30,31,35)/b32-25-. The van der Waals surface area contributed by atoms with E-state index in [1.807, 2.05) is 97.9 Å². The molecule has 0 aliphatic carbocycles. The molecule has 9 heteroatoms. The summed E-state index contributed by atoms with van der Waals surface area (Å²) < 4.78 is 5.09. The van der Waals surface area contributed by atoms with Gasteiger partial charge in [-0.25, -0.2) is 14.6 Å². The van der Waals surface area contributed by atoms with E-state index in [0.29, 0.717) is 0 Å². The molecule has 0 saturated heterocycles. The molecule has 194 valence electrons. The SMILES string of the molecule is CCCCOC(=O)Nc1nc(/C(=N/OC(c2ccccc2)(c2ccccc2)c2ccccc2)C(=O)O)cs1. The lowest BCUT2D eigenvalue weighted by atomic mass is 9.80. The predicted octanol–water partition coefficient (Wildman–Crippen LogP) is 6.29. The number of hydrogen-bond acceptors (Lipinski definition) is 7. The summed E-state index contributed by atoms with van der Waals surface area (Å²) in [6, 6.07) is 28.5. The lowest BCUT2D eigenvalue weighted by Crippen LogP contribution is -2.32. The first-order valence-corrected chi connectivity index (χ1v) is 13.0. The first-order chi connectivity index (χ1) is 18.5. The number of ether oxygens (including phenoxy) is 1. The van der Waals surface area contributed by atoms with E-state index < -0.39 is 23.4 Å². The highest BCUT2D eigenvalue weighted by atomic mass is 32.1. The Morgan fingerprint density at radius 3 is 1.92 bits per heavy atom. The number of carbonyl (C=O) groups excluding carboxylic acids is 1. The topological polar surface area (TPSA) is 110 Å². The van der Waals surface area contributed by atoms with E-state index in [1.165, 1.54) is 5.38 Å². The lowest BCUT2D eigenvalue weighted by Gasteiger charge is -2.33. The molecular weight excluding hydrogens is 502 g/mol. The second kappa shape index (κ2) is 12.6. The minimum absolute atomic E-state index is 0.0504. The molecule has 4 rings (SSSR count). The van der Waals surface area contributed by atoms with Gasteiger partial charge in [0.15, 0.2) is 5.13 Å². The number of nitrogens with zero attached hydrogens (tertiary/aromatic N) is 2. The van der Waals surface area contributed by atoms with Crippen molar-refractivity contribution in [1.29, 1.82) is 0 Å². The van der Waals surface area contributed by atoms with Gasteiger partial charge in [-0.05, 0) is 6.42 Å². The third-order valence-electron chi connectivity index (χ3n) is 5.70. The normalized spacial score (nSPS) is 11.6. The number of unbranched alkanes of at least 4 members (excludes halogenated alkanes) is 1. The zero-order valence-electron chi connectivity index (χ0n) is 20.7. The Labute approximate surface area is 224 Å². The summed E-state index contributed by atoms with van der Waals surface area (Å²) >= 11 is 1.06. The van der Waals surface area contributed by atoms with Gasteiger partial charge in [-0.15, -0.1) is 11.3 Å². The number of carboxylic acids is 1. The highest BCUT2D eigenvalue weighted by Gasteiger charge is 2.40. The number of thiazole rings is 1. The van der Waals surface area contributed by atoms with Crippen LogP contribution in [0.4, 0.5) is 9.93 Å². The molecule has 8 nitrogen and oxygen atoms in total. The molecule has 0 bridgehead atoms. The number of aliphatic carboxylic acids is 1. The van der Waals surface area contributed by atoms with Crippen LogP contribution in [0.1, 0.15) is 42.1 Å². The Morgan fingerprint density at radius 2 is 1.45 bits per heavy atom. The minimum Gasteiger partial charge on any atom is -0.476 e. The number of hydrogen-bond donors (Lipinski definition) is 2. The fraction of sp³-hybridized carbons (Fsp3) is 0.172. The van der Waals surface area contributed by atoms with Crippen LogP contribution in [-0.4, -0.2) is 34.5 Å². The average molecular weight is 530 g/mol. The van der Waals surface area contributed by atoms with Crippen molar-refractivity contribution in [2.75, 3.05) is 11.9 Å². The van der Waals surface area contributed by atoms with E-state index in [0.717, 1.165) is 40.9 Å². The number of benzene rings is 3. The molecule has 0 spiro atoms. The molecule has 38 heavy (non-hydrogen) atoms. The average Bonchev–Trinajstić information content (AvgIpc) is 3.40. The first kappa shape index (κ1) is 26.6. The second-order valence-electron chi connectivity index (χ2n) is 8.27. The lowest BCUT2D eigenvalue weighted by molar-refractivity contribution is -0.129. The van der Waals surface area contributed by atoms with Gasteiger partial charge in [0.25, 0.3) is 0 Å². The fourth-order valence-corrected chi connectivity index (χ4v) is 4.54. The van der Waals surface area contributed by atoms with E-state index in [2.05, 4.69) is 15.5 Å². The van der Waals surface area contributed by atoms with Crippen molar-refractivity contribution in [2.45, 2.75) is 25.4 Å². The van der Waals surface area contributed by atoms with Gasteiger partial charge in [0.2, 0.25) is 11.3 Å². The number of carboxylic acid groups (broad SMARTS) is 1. The minimum atomic E-state index is -1.32. The van der Waals surface area contributed by atoms with Gasteiger partial charge in [0, 0.05) is 22.1 Å².